The van der Waals surface area contributed by atoms with Gasteiger partial charge >= 0.3 is 11.9 Å². The van der Waals surface area contributed by atoms with E-state index in [9.17, 15) is 19.8 Å². The lowest BCUT2D eigenvalue weighted by Gasteiger charge is -2.38. The van der Waals surface area contributed by atoms with Crippen molar-refractivity contribution in [2.45, 2.75) is 24.7 Å². The number of aliphatic carboxylic acids is 1. The molecule has 6 heteroatoms. The van der Waals surface area contributed by atoms with Gasteiger partial charge in [-0.3, -0.25) is 4.79 Å². The van der Waals surface area contributed by atoms with Gasteiger partial charge in [0.25, 0.3) is 0 Å². The molecule has 0 atom stereocenters. The first-order valence-corrected chi connectivity index (χ1v) is 6.19. The van der Waals surface area contributed by atoms with E-state index in [1.165, 1.54) is 20.3 Å². The Hall–Kier alpha value is -2.24. The third-order valence-corrected chi connectivity index (χ3v) is 3.88. The molecule has 0 radical (unpaired) electrons. The van der Waals surface area contributed by atoms with Crippen LogP contribution in [-0.2, 0) is 10.2 Å². The van der Waals surface area contributed by atoms with Gasteiger partial charge < -0.3 is 19.7 Å². The van der Waals surface area contributed by atoms with Gasteiger partial charge in [-0.2, -0.15) is 0 Å². The van der Waals surface area contributed by atoms with Crippen molar-refractivity contribution < 1.29 is 29.3 Å². The second kappa shape index (κ2) is 5.03. The molecule has 0 bridgehead atoms. The number of hydrogen-bond donors (Lipinski definition) is 2. The van der Waals surface area contributed by atoms with Crippen LogP contribution in [0.4, 0.5) is 0 Å². The Kier molecular flexibility index (Phi) is 3.57. The zero-order valence-corrected chi connectivity index (χ0v) is 11.3. The molecule has 1 saturated carbocycles. The first-order chi connectivity index (χ1) is 9.46. The predicted octanol–water partition coefficient (Wildman–Crippen LogP) is 1.91. The highest BCUT2D eigenvalue weighted by molar-refractivity contribution is 5.93. The van der Waals surface area contributed by atoms with Crippen LogP contribution >= 0.6 is 0 Å². The van der Waals surface area contributed by atoms with E-state index >= 15 is 0 Å². The molecular formula is C14H16O6. The lowest BCUT2D eigenvalue weighted by atomic mass is 9.64. The van der Waals surface area contributed by atoms with Crippen molar-refractivity contribution in [2.75, 3.05) is 14.2 Å². The molecule has 108 valence electrons. The summed E-state index contributed by atoms with van der Waals surface area (Å²) in [5.41, 5.74) is -0.648. The highest BCUT2D eigenvalue weighted by Crippen LogP contribution is 2.47. The molecule has 20 heavy (non-hydrogen) atoms. The summed E-state index contributed by atoms with van der Waals surface area (Å²) in [6.07, 6.45) is 1.80. The summed E-state index contributed by atoms with van der Waals surface area (Å²) < 4.78 is 10.2. The van der Waals surface area contributed by atoms with Crippen LogP contribution in [0.1, 0.15) is 35.2 Å². The van der Waals surface area contributed by atoms with Gasteiger partial charge in [0.2, 0.25) is 0 Å². The van der Waals surface area contributed by atoms with Crippen molar-refractivity contribution in [1.82, 2.24) is 0 Å². The smallest absolute Gasteiger partial charge is 0.339 e. The number of carboxylic acids is 2. The quantitative estimate of drug-likeness (QED) is 0.855. The number of carboxylic acid groups (broad SMARTS) is 2. The Balaban J connectivity index is 2.64. The van der Waals surface area contributed by atoms with Crippen LogP contribution in [0.5, 0.6) is 11.5 Å². The van der Waals surface area contributed by atoms with Crippen LogP contribution in [0.15, 0.2) is 12.1 Å². The van der Waals surface area contributed by atoms with Crippen molar-refractivity contribution in [3.05, 3.63) is 23.3 Å². The molecule has 0 aliphatic heterocycles. The molecule has 0 heterocycles. The van der Waals surface area contributed by atoms with Gasteiger partial charge in [0.15, 0.2) is 11.5 Å². The number of hydrogen-bond acceptors (Lipinski definition) is 4. The zero-order valence-electron chi connectivity index (χ0n) is 11.3. The molecule has 2 N–H and O–H groups in total. The Bertz CT molecular complexity index is 559. The van der Waals surface area contributed by atoms with Gasteiger partial charge in [0, 0.05) is 0 Å². The molecule has 6 nitrogen and oxygen atoms in total. The normalized spacial score (nSPS) is 16.1. The number of benzene rings is 1. The third-order valence-electron chi connectivity index (χ3n) is 3.88. The van der Waals surface area contributed by atoms with Gasteiger partial charge in [-0.1, -0.05) is 6.42 Å². The van der Waals surface area contributed by atoms with E-state index in [1.54, 1.807) is 6.07 Å². The zero-order chi connectivity index (χ0) is 14.9. The Morgan fingerprint density at radius 3 is 2.15 bits per heavy atom. The average Bonchev–Trinajstić information content (AvgIpc) is 2.35. The number of ether oxygens (including phenoxy) is 2. The second-order valence-electron chi connectivity index (χ2n) is 4.81. The molecule has 1 aliphatic carbocycles. The summed E-state index contributed by atoms with van der Waals surface area (Å²) in [5.74, 6) is -1.78. The summed E-state index contributed by atoms with van der Waals surface area (Å²) in [6.45, 7) is 0. The van der Waals surface area contributed by atoms with E-state index < -0.39 is 17.4 Å². The highest BCUT2D eigenvalue weighted by Gasteiger charge is 2.46. The molecule has 1 aromatic rings. The molecule has 0 spiro atoms. The lowest BCUT2D eigenvalue weighted by Crippen LogP contribution is -2.42. The van der Waals surface area contributed by atoms with Crippen molar-refractivity contribution >= 4 is 11.9 Å². The second-order valence-corrected chi connectivity index (χ2v) is 4.81. The number of carbonyl (C=O) groups is 2. The van der Waals surface area contributed by atoms with E-state index in [4.69, 9.17) is 9.47 Å². The largest absolute Gasteiger partial charge is 0.493 e. The summed E-state index contributed by atoms with van der Waals surface area (Å²) in [6, 6.07) is 2.93. The lowest BCUT2D eigenvalue weighted by molar-refractivity contribution is -0.147. The van der Waals surface area contributed by atoms with Crippen molar-refractivity contribution in [3.63, 3.8) is 0 Å². The van der Waals surface area contributed by atoms with E-state index in [0.717, 1.165) is 6.42 Å². The Morgan fingerprint density at radius 1 is 1.15 bits per heavy atom. The number of aromatic carboxylic acids is 1. The van der Waals surface area contributed by atoms with Crippen LogP contribution in [0.2, 0.25) is 0 Å². The standard InChI is InChI=1S/C14H16O6/c1-19-10-7-8(14(13(17)18)4-3-5-14)6-9(12(15)16)11(10)20-2/h6-7H,3-5H2,1-2H3,(H,15,16)(H,17,18). The summed E-state index contributed by atoms with van der Waals surface area (Å²) in [4.78, 5) is 22.8. The van der Waals surface area contributed by atoms with Gasteiger partial charge in [-0.15, -0.1) is 0 Å². The molecular weight excluding hydrogens is 264 g/mol. The van der Waals surface area contributed by atoms with Crippen LogP contribution in [-0.4, -0.2) is 36.4 Å². The van der Waals surface area contributed by atoms with E-state index in [0.29, 0.717) is 18.4 Å². The summed E-state index contributed by atoms with van der Waals surface area (Å²) in [5, 5.41) is 18.7. The molecule has 1 aromatic carbocycles. The molecule has 1 fully saturated rings. The summed E-state index contributed by atoms with van der Waals surface area (Å²) in [7, 11) is 2.74. The third kappa shape index (κ3) is 1.97. The van der Waals surface area contributed by atoms with Crippen LogP contribution in [0, 0.1) is 0 Å². The Morgan fingerprint density at radius 2 is 1.80 bits per heavy atom. The first kappa shape index (κ1) is 14.2. The van der Waals surface area contributed by atoms with Crippen LogP contribution < -0.4 is 9.47 Å². The van der Waals surface area contributed by atoms with Gasteiger partial charge in [0.05, 0.1) is 19.6 Å². The van der Waals surface area contributed by atoms with Gasteiger partial charge in [0.1, 0.15) is 5.56 Å². The van der Waals surface area contributed by atoms with Gasteiger partial charge in [-0.05, 0) is 30.5 Å². The first-order valence-electron chi connectivity index (χ1n) is 6.19. The molecule has 1 aliphatic rings. The molecule has 0 amide bonds. The fourth-order valence-corrected chi connectivity index (χ4v) is 2.56. The van der Waals surface area contributed by atoms with Crippen LogP contribution in [0.3, 0.4) is 0 Å². The van der Waals surface area contributed by atoms with Crippen LogP contribution in [0.25, 0.3) is 0 Å². The van der Waals surface area contributed by atoms with Crippen molar-refractivity contribution in [3.8, 4) is 11.5 Å². The molecule has 0 unspecified atom stereocenters. The Labute approximate surface area is 115 Å². The highest BCUT2D eigenvalue weighted by atomic mass is 16.5. The minimum Gasteiger partial charge on any atom is -0.493 e. The maximum atomic E-state index is 11.5. The predicted molar refractivity (Wildman–Crippen MR) is 69.7 cm³/mol. The molecule has 2 rings (SSSR count). The SMILES string of the molecule is COc1cc(C2(C(=O)O)CCC2)cc(C(=O)O)c1OC. The minimum absolute atomic E-state index is 0.0885. The van der Waals surface area contributed by atoms with Crippen molar-refractivity contribution in [2.24, 2.45) is 0 Å². The fraction of sp³-hybridized carbons (Fsp3) is 0.429. The average molecular weight is 280 g/mol. The maximum Gasteiger partial charge on any atom is 0.339 e. The fourth-order valence-electron chi connectivity index (χ4n) is 2.56. The van der Waals surface area contributed by atoms with E-state index in [2.05, 4.69) is 0 Å². The molecule has 0 aromatic heterocycles. The summed E-state index contributed by atoms with van der Waals surface area (Å²) >= 11 is 0. The van der Waals surface area contributed by atoms with E-state index in [-0.39, 0.29) is 17.1 Å². The van der Waals surface area contributed by atoms with Crippen molar-refractivity contribution in [1.29, 1.82) is 0 Å². The minimum atomic E-state index is -1.18. The van der Waals surface area contributed by atoms with E-state index in [1.807, 2.05) is 0 Å². The topological polar surface area (TPSA) is 93.1 Å². The molecule has 0 saturated heterocycles. The van der Waals surface area contributed by atoms with Gasteiger partial charge in [-0.25, -0.2) is 4.79 Å². The monoisotopic (exact) mass is 280 g/mol. The number of rotatable bonds is 5. The maximum absolute atomic E-state index is 11.5. The number of methoxy groups -OCH3 is 2.